The van der Waals surface area contributed by atoms with Gasteiger partial charge in [-0.2, -0.15) is 4.31 Å². The van der Waals surface area contributed by atoms with Crippen molar-refractivity contribution in [1.29, 1.82) is 0 Å². The quantitative estimate of drug-likeness (QED) is 0.367. The summed E-state index contributed by atoms with van der Waals surface area (Å²) >= 11 is 6.68. The number of nitrogens with zero attached hydrogens (tertiary/aromatic N) is 2. The molecule has 0 aromatic heterocycles. The number of benzene rings is 3. The van der Waals surface area contributed by atoms with Crippen LogP contribution in [0.25, 0.3) is 11.1 Å². The van der Waals surface area contributed by atoms with Crippen molar-refractivity contribution >= 4 is 39.7 Å². The molecule has 34 heavy (non-hydrogen) atoms. The van der Waals surface area contributed by atoms with Crippen LogP contribution in [-0.4, -0.2) is 44.1 Å². The lowest BCUT2D eigenvalue weighted by Crippen LogP contribution is -2.40. The van der Waals surface area contributed by atoms with Crippen molar-refractivity contribution in [3.8, 4) is 11.1 Å². The van der Waals surface area contributed by atoms with Gasteiger partial charge in [0.2, 0.25) is 0 Å². The Balaban J connectivity index is 1.72. The predicted octanol–water partition coefficient (Wildman–Crippen LogP) is 6.73. The number of anilines is 2. The molecule has 0 saturated heterocycles. The molecule has 1 unspecified atom stereocenters. The molecule has 3 N–H and O–H groups in total. The van der Waals surface area contributed by atoms with Gasteiger partial charge in [-0.3, -0.25) is 9.11 Å². The van der Waals surface area contributed by atoms with Crippen LogP contribution < -0.4 is 4.90 Å². The number of hydrogen-bond donors (Lipinski definition) is 3. The number of carbonyl (C=O) groups is 1. The van der Waals surface area contributed by atoms with Crippen LogP contribution in [0.4, 0.5) is 15.8 Å². The summed E-state index contributed by atoms with van der Waals surface area (Å²) in [5, 5.41) is 9.64. The van der Waals surface area contributed by atoms with E-state index in [2.05, 4.69) is 4.90 Å². The van der Waals surface area contributed by atoms with Crippen molar-refractivity contribution in [2.75, 3.05) is 18.5 Å². The fraction of sp³-hybridized carbons (Fsp3) is 0.240. The molecule has 5 rings (SSSR count). The fourth-order valence-electron chi connectivity index (χ4n) is 4.57. The van der Waals surface area contributed by atoms with E-state index in [0.29, 0.717) is 39.2 Å². The van der Waals surface area contributed by atoms with Crippen LogP contribution in [0.1, 0.15) is 23.2 Å². The highest BCUT2D eigenvalue weighted by molar-refractivity contribution is 8.22. The summed E-state index contributed by atoms with van der Waals surface area (Å²) in [6.07, 6.45) is 2.06. The first-order valence-corrected chi connectivity index (χ1v) is 12.8. The van der Waals surface area contributed by atoms with E-state index in [1.165, 1.54) is 12.1 Å². The predicted molar refractivity (Wildman–Crippen MR) is 133 cm³/mol. The van der Waals surface area contributed by atoms with Crippen molar-refractivity contribution in [3.05, 3.63) is 77.1 Å². The van der Waals surface area contributed by atoms with Gasteiger partial charge in [-0.05, 0) is 60.7 Å². The molecule has 1 aliphatic carbocycles. The molecule has 178 valence electrons. The maximum atomic E-state index is 14.0. The van der Waals surface area contributed by atoms with Crippen LogP contribution in [0.2, 0.25) is 5.02 Å². The third kappa shape index (κ3) is 3.95. The topological polar surface area (TPSA) is 84.2 Å². The lowest BCUT2D eigenvalue weighted by molar-refractivity contribution is 0.0692. The Morgan fingerprint density at radius 3 is 2.44 bits per heavy atom. The molecule has 1 atom stereocenters. The lowest BCUT2D eigenvalue weighted by atomic mass is 10.0. The average Bonchev–Trinajstić information content (AvgIpc) is 3.65. The number of fused-ring (bicyclic) bond motifs is 1. The first-order chi connectivity index (χ1) is 16.2. The molecule has 0 radical (unpaired) electrons. The van der Waals surface area contributed by atoms with Crippen molar-refractivity contribution < 1.29 is 23.4 Å². The maximum absolute atomic E-state index is 14.0. The number of likely N-dealkylation sites (N-methyl/N-ethyl adjacent to an activating group) is 1. The van der Waals surface area contributed by atoms with E-state index < -0.39 is 28.1 Å². The molecule has 0 amide bonds. The second-order valence-corrected chi connectivity index (χ2v) is 11.2. The van der Waals surface area contributed by atoms with Crippen LogP contribution in [0.5, 0.6) is 0 Å². The number of carboxylic acid groups (broad SMARTS) is 1. The van der Waals surface area contributed by atoms with Gasteiger partial charge in [-0.25, -0.2) is 9.18 Å². The number of hydrogen-bond acceptors (Lipinski definition) is 5. The SMILES string of the molecule is CN1C(C2CC2)CN(c2ccccc2)c2cc(Cl)c(-c3ccc(F)c(C(=O)O)c3)cc2S1(O)O. The minimum atomic E-state index is -3.39. The van der Waals surface area contributed by atoms with Crippen LogP contribution >= 0.6 is 22.4 Å². The van der Waals surface area contributed by atoms with Gasteiger partial charge in [0, 0.05) is 30.9 Å². The molecule has 3 aromatic rings. The second-order valence-electron chi connectivity index (χ2n) is 8.72. The number of halogens is 2. The van der Waals surface area contributed by atoms with Crippen LogP contribution in [0.3, 0.4) is 0 Å². The van der Waals surface area contributed by atoms with Crippen LogP contribution in [0.15, 0.2) is 65.6 Å². The molecule has 1 aliphatic heterocycles. The van der Waals surface area contributed by atoms with Crippen LogP contribution in [0, 0.1) is 11.7 Å². The smallest absolute Gasteiger partial charge is 0.338 e. The molecular weight excluding hydrogens is 479 g/mol. The van der Waals surface area contributed by atoms with Crippen molar-refractivity contribution in [2.45, 2.75) is 23.8 Å². The number of para-hydroxylation sites is 1. The molecule has 0 bridgehead atoms. The normalized spacial score (nSPS) is 21.0. The van der Waals surface area contributed by atoms with Crippen LogP contribution in [-0.2, 0) is 0 Å². The van der Waals surface area contributed by atoms with Gasteiger partial charge >= 0.3 is 5.97 Å². The van der Waals surface area contributed by atoms with E-state index in [-0.39, 0.29) is 6.04 Å². The van der Waals surface area contributed by atoms with Gasteiger partial charge in [0.25, 0.3) is 0 Å². The molecule has 2 aliphatic rings. The fourth-order valence-corrected chi connectivity index (χ4v) is 6.49. The highest BCUT2D eigenvalue weighted by Gasteiger charge is 2.44. The Hall–Kier alpha value is -2.62. The van der Waals surface area contributed by atoms with Gasteiger partial charge in [0.15, 0.2) is 0 Å². The minimum absolute atomic E-state index is 0.0794. The molecule has 3 aromatic carbocycles. The molecule has 1 heterocycles. The van der Waals surface area contributed by atoms with E-state index in [4.69, 9.17) is 11.6 Å². The zero-order valence-corrected chi connectivity index (χ0v) is 19.9. The Morgan fingerprint density at radius 2 is 1.79 bits per heavy atom. The van der Waals surface area contributed by atoms with Gasteiger partial charge in [0.05, 0.1) is 21.2 Å². The summed E-state index contributed by atoms with van der Waals surface area (Å²) < 4.78 is 38.6. The molecular formula is C25H24ClFN2O4S. The molecule has 1 fully saturated rings. The zero-order valence-electron chi connectivity index (χ0n) is 18.4. The Morgan fingerprint density at radius 1 is 1.09 bits per heavy atom. The standard InChI is InChI=1S/C25H24ClFN2O4S/c1-28-23(15-7-8-15)14-29(17-5-3-2-4-6-17)22-13-20(26)18(12-24(22)34(28,32)33)16-9-10-21(27)19(11-16)25(30)31/h2-6,9-13,15,23,32-33H,7-8,14H2,1H3,(H,30,31). The lowest BCUT2D eigenvalue weighted by Gasteiger charge is -2.43. The van der Waals surface area contributed by atoms with E-state index in [9.17, 15) is 23.4 Å². The zero-order chi connectivity index (χ0) is 24.2. The summed E-state index contributed by atoms with van der Waals surface area (Å²) in [4.78, 5) is 13.8. The van der Waals surface area contributed by atoms with Gasteiger partial charge in [-0.1, -0.05) is 35.9 Å². The minimum Gasteiger partial charge on any atom is -0.478 e. The summed E-state index contributed by atoms with van der Waals surface area (Å²) in [6, 6.07) is 16.6. The van der Waals surface area contributed by atoms with Gasteiger partial charge < -0.3 is 10.0 Å². The van der Waals surface area contributed by atoms with Gasteiger partial charge in [-0.15, -0.1) is 10.8 Å². The second kappa shape index (κ2) is 8.55. The van der Waals surface area contributed by atoms with E-state index in [1.54, 1.807) is 23.5 Å². The summed E-state index contributed by atoms with van der Waals surface area (Å²) in [7, 11) is -1.66. The third-order valence-corrected chi connectivity index (χ3v) is 8.92. The number of aromatic carboxylic acids is 1. The highest BCUT2D eigenvalue weighted by Crippen LogP contribution is 2.61. The molecule has 0 spiro atoms. The Bertz CT molecular complexity index is 1270. The largest absolute Gasteiger partial charge is 0.478 e. The van der Waals surface area contributed by atoms with Gasteiger partial charge in [0.1, 0.15) is 5.82 Å². The van der Waals surface area contributed by atoms with E-state index in [0.717, 1.165) is 24.6 Å². The average molecular weight is 503 g/mol. The first-order valence-electron chi connectivity index (χ1n) is 10.9. The van der Waals surface area contributed by atoms with E-state index >= 15 is 0 Å². The van der Waals surface area contributed by atoms with Crippen molar-refractivity contribution in [2.24, 2.45) is 5.92 Å². The third-order valence-electron chi connectivity index (χ3n) is 6.61. The monoisotopic (exact) mass is 502 g/mol. The summed E-state index contributed by atoms with van der Waals surface area (Å²) in [5.74, 6) is -1.88. The molecule has 9 heteroatoms. The number of carboxylic acids is 1. The highest BCUT2D eigenvalue weighted by atomic mass is 35.5. The number of rotatable bonds is 4. The Labute approximate surface area is 203 Å². The summed E-state index contributed by atoms with van der Waals surface area (Å²) in [5.41, 5.74) is 1.77. The van der Waals surface area contributed by atoms with E-state index in [1.807, 2.05) is 30.3 Å². The first kappa shape index (κ1) is 23.1. The Kier molecular flexibility index (Phi) is 5.82. The van der Waals surface area contributed by atoms with Crippen molar-refractivity contribution in [3.63, 3.8) is 0 Å². The maximum Gasteiger partial charge on any atom is 0.338 e. The van der Waals surface area contributed by atoms with Crippen molar-refractivity contribution in [1.82, 2.24) is 4.31 Å². The molecule has 6 nitrogen and oxygen atoms in total. The summed E-state index contributed by atoms with van der Waals surface area (Å²) in [6.45, 7) is 0.559. The molecule has 1 saturated carbocycles.